The summed E-state index contributed by atoms with van der Waals surface area (Å²) in [6, 6.07) is 2.64. The Labute approximate surface area is 130 Å². The van der Waals surface area contributed by atoms with Crippen molar-refractivity contribution in [2.45, 2.75) is 46.1 Å². The van der Waals surface area contributed by atoms with Crippen LogP contribution >= 0.6 is 11.3 Å². The van der Waals surface area contributed by atoms with Crippen LogP contribution in [0.1, 0.15) is 53.9 Å². The maximum atomic E-state index is 12.1. The Morgan fingerprint density at radius 1 is 1.43 bits per heavy atom. The number of ether oxygens (including phenoxy) is 1. The molecule has 0 N–H and O–H groups in total. The molecule has 2 heterocycles. The van der Waals surface area contributed by atoms with Crippen LogP contribution in [0.4, 0.5) is 5.00 Å². The summed E-state index contributed by atoms with van der Waals surface area (Å²) in [5, 5.41) is 10.4. The van der Waals surface area contributed by atoms with E-state index in [1.165, 1.54) is 11.3 Å². The fraction of sp³-hybridized carbons (Fsp3) is 0.625. The van der Waals surface area contributed by atoms with Crippen LogP contribution in [0.15, 0.2) is 0 Å². The van der Waals surface area contributed by atoms with Crippen molar-refractivity contribution in [2.24, 2.45) is 0 Å². The number of anilines is 1. The summed E-state index contributed by atoms with van der Waals surface area (Å²) in [6.07, 6.45) is 2.45. The number of carbonyl (C=O) groups excluding carboxylic acids is 1. The first-order valence-corrected chi connectivity index (χ1v) is 8.36. The first-order valence-electron chi connectivity index (χ1n) is 7.55. The van der Waals surface area contributed by atoms with Gasteiger partial charge in [-0.15, -0.1) is 11.3 Å². The van der Waals surface area contributed by atoms with Gasteiger partial charge in [0, 0.05) is 32.2 Å². The predicted octanol–water partition coefficient (Wildman–Crippen LogP) is 3.53. The van der Waals surface area contributed by atoms with E-state index in [9.17, 15) is 10.1 Å². The molecule has 0 aliphatic carbocycles. The first kappa shape index (κ1) is 16.0. The Kier molecular flexibility index (Phi) is 5.38. The van der Waals surface area contributed by atoms with Gasteiger partial charge in [0.2, 0.25) is 0 Å². The molecule has 0 atom stereocenters. The van der Waals surface area contributed by atoms with Crippen LogP contribution in [0.2, 0.25) is 0 Å². The molecule has 1 aliphatic rings. The topological polar surface area (TPSA) is 53.3 Å². The standard InChI is InChI=1S/C16H22N2O2S/c1-4-13(19)15-11(3)16(21-14(15)10-17)18(5-2)12-6-8-20-9-7-12/h12H,4-9H2,1-3H3. The van der Waals surface area contributed by atoms with E-state index in [1.54, 1.807) is 0 Å². The minimum atomic E-state index is 0.0644. The number of ketones is 1. The van der Waals surface area contributed by atoms with Crippen molar-refractivity contribution in [3.63, 3.8) is 0 Å². The van der Waals surface area contributed by atoms with Crippen molar-refractivity contribution in [1.82, 2.24) is 0 Å². The van der Waals surface area contributed by atoms with Crippen LogP contribution in [0.3, 0.4) is 0 Å². The second kappa shape index (κ2) is 7.06. The normalized spacial score (nSPS) is 15.7. The highest BCUT2D eigenvalue weighted by atomic mass is 32.1. The number of nitrogens with zero attached hydrogens (tertiary/aromatic N) is 2. The highest BCUT2D eigenvalue weighted by Crippen LogP contribution is 2.38. The first-order chi connectivity index (χ1) is 10.1. The van der Waals surface area contributed by atoms with Crippen molar-refractivity contribution in [3.05, 3.63) is 16.0 Å². The molecule has 114 valence electrons. The summed E-state index contributed by atoms with van der Waals surface area (Å²) >= 11 is 1.46. The molecule has 0 aromatic carbocycles. The number of thiophene rings is 1. The SMILES string of the molecule is CCC(=O)c1c(C#N)sc(N(CC)C2CCOCC2)c1C. The molecule has 0 amide bonds. The molecule has 1 aromatic rings. The smallest absolute Gasteiger partial charge is 0.165 e. The Hall–Kier alpha value is -1.38. The Bertz CT molecular complexity index is 553. The third-order valence-corrected chi connectivity index (χ3v) is 5.29. The summed E-state index contributed by atoms with van der Waals surface area (Å²) < 4.78 is 5.44. The van der Waals surface area contributed by atoms with Crippen molar-refractivity contribution in [3.8, 4) is 6.07 Å². The number of nitriles is 1. The summed E-state index contributed by atoms with van der Waals surface area (Å²) in [5.74, 6) is 0.0644. The lowest BCUT2D eigenvalue weighted by Crippen LogP contribution is -2.39. The highest BCUT2D eigenvalue weighted by molar-refractivity contribution is 7.17. The Morgan fingerprint density at radius 3 is 2.62 bits per heavy atom. The second-order valence-electron chi connectivity index (χ2n) is 5.25. The average Bonchev–Trinajstić information content (AvgIpc) is 2.85. The molecular formula is C16H22N2O2S. The largest absolute Gasteiger partial charge is 0.381 e. The summed E-state index contributed by atoms with van der Waals surface area (Å²) in [6.45, 7) is 8.40. The third kappa shape index (κ3) is 3.12. The summed E-state index contributed by atoms with van der Waals surface area (Å²) in [5.41, 5.74) is 1.60. The third-order valence-electron chi connectivity index (χ3n) is 4.06. The van der Waals surface area contributed by atoms with Crippen molar-refractivity contribution in [1.29, 1.82) is 5.26 Å². The van der Waals surface area contributed by atoms with E-state index < -0.39 is 0 Å². The monoisotopic (exact) mass is 306 g/mol. The number of Topliss-reactive ketones (excluding diaryl/α,β-unsaturated/α-hetero) is 1. The summed E-state index contributed by atoms with van der Waals surface area (Å²) in [4.78, 5) is 15.0. The van der Waals surface area contributed by atoms with E-state index in [0.717, 1.165) is 43.2 Å². The lowest BCUT2D eigenvalue weighted by molar-refractivity contribution is 0.0847. The second-order valence-corrected chi connectivity index (χ2v) is 6.25. The maximum absolute atomic E-state index is 12.1. The molecule has 4 nitrogen and oxygen atoms in total. The van der Waals surface area contributed by atoms with E-state index >= 15 is 0 Å². The van der Waals surface area contributed by atoms with Gasteiger partial charge in [-0.2, -0.15) is 5.26 Å². The van der Waals surface area contributed by atoms with Crippen LogP contribution in [0.25, 0.3) is 0 Å². The van der Waals surface area contributed by atoms with Gasteiger partial charge in [0.15, 0.2) is 5.78 Å². The van der Waals surface area contributed by atoms with Crippen LogP contribution < -0.4 is 4.90 Å². The molecule has 1 saturated heterocycles. The van der Waals surface area contributed by atoms with Gasteiger partial charge < -0.3 is 9.64 Å². The molecule has 0 unspecified atom stereocenters. The van der Waals surface area contributed by atoms with Gasteiger partial charge in [0.1, 0.15) is 10.9 Å². The fourth-order valence-electron chi connectivity index (χ4n) is 2.93. The highest BCUT2D eigenvalue weighted by Gasteiger charge is 2.27. The number of hydrogen-bond donors (Lipinski definition) is 0. The van der Waals surface area contributed by atoms with Gasteiger partial charge in [-0.25, -0.2) is 0 Å². The van der Waals surface area contributed by atoms with Crippen molar-refractivity contribution < 1.29 is 9.53 Å². The average molecular weight is 306 g/mol. The molecule has 0 bridgehead atoms. The minimum Gasteiger partial charge on any atom is -0.381 e. The van der Waals surface area contributed by atoms with Crippen LogP contribution in [0, 0.1) is 18.3 Å². The van der Waals surface area contributed by atoms with Gasteiger partial charge >= 0.3 is 0 Å². The van der Waals surface area contributed by atoms with Crippen LogP contribution in [0.5, 0.6) is 0 Å². The molecule has 21 heavy (non-hydrogen) atoms. The van der Waals surface area contributed by atoms with E-state index in [4.69, 9.17) is 4.74 Å². The molecule has 0 saturated carbocycles. The summed E-state index contributed by atoms with van der Waals surface area (Å²) in [7, 11) is 0. The van der Waals surface area contributed by atoms with Crippen molar-refractivity contribution >= 4 is 22.1 Å². The molecule has 1 aromatic heterocycles. The molecule has 1 aliphatic heterocycles. The van der Waals surface area contributed by atoms with Crippen LogP contribution in [-0.2, 0) is 4.74 Å². The zero-order chi connectivity index (χ0) is 15.4. The molecule has 5 heteroatoms. The molecule has 0 spiro atoms. The van der Waals surface area contributed by atoms with Gasteiger partial charge in [0.05, 0.1) is 10.6 Å². The molecule has 2 rings (SSSR count). The fourth-order valence-corrected chi connectivity index (χ4v) is 4.19. The zero-order valence-electron chi connectivity index (χ0n) is 12.9. The quantitative estimate of drug-likeness (QED) is 0.781. The molecule has 0 radical (unpaired) electrons. The van der Waals surface area contributed by atoms with Gasteiger partial charge in [-0.3, -0.25) is 4.79 Å². The Morgan fingerprint density at radius 2 is 2.10 bits per heavy atom. The lowest BCUT2D eigenvalue weighted by Gasteiger charge is -2.34. The van der Waals surface area contributed by atoms with Crippen molar-refractivity contribution in [2.75, 3.05) is 24.7 Å². The zero-order valence-corrected chi connectivity index (χ0v) is 13.8. The van der Waals surface area contributed by atoms with E-state index in [2.05, 4.69) is 17.9 Å². The van der Waals surface area contributed by atoms with Crippen LogP contribution in [-0.4, -0.2) is 31.6 Å². The molecular weight excluding hydrogens is 284 g/mol. The van der Waals surface area contributed by atoms with Gasteiger partial charge in [-0.1, -0.05) is 6.92 Å². The number of hydrogen-bond acceptors (Lipinski definition) is 5. The van der Waals surface area contributed by atoms with Gasteiger partial charge in [-0.05, 0) is 32.3 Å². The lowest BCUT2D eigenvalue weighted by atomic mass is 10.0. The van der Waals surface area contributed by atoms with E-state index in [-0.39, 0.29) is 5.78 Å². The molecule has 1 fully saturated rings. The Balaban J connectivity index is 2.40. The van der Waals surface area contributed by atoms with E-state index in [1.807, 2.05) is 13.8 Å². The predicted molar refractivity (Wildman–Crippen MR) is 85.3 cm³/mol. The maximum Gasteiger partial charge on any atom is 0.165 e. The number of carbonyl (C=O) groups is 1. The van der Waals surface area contributed by atoms with E-state index in [0.29, 0.717) is 22.9 Å². The number of rotatable bonds is 5. The minimum absolute atomic E-state index is 0.0644. The van der Waals surface area contributed by atoms with Gasteiger partial charge in [0.25, 0.3) is 0 Å².